The van der Waals surface area contributed by atoms with Gasteiger partial charge in [0.15, 0.2) is 0 Å². The summed E-state index contributed by atoms with van der Waals surface area (Å²) in [6.45, 7) is 11.4. The molecular formula is C22H25FN2O. The van der Waals surface area contributed by atoms with Crippen LogP contribution in [0, 0.1) is 19.7 Å². The fraction of sp³-hybridized carbons (Fsp3) is 0.318. The molecule has 0 fully saturated rings. The van der Waals surface area contributed by atoms with Gasteiger partial charge in [0, 0.05) is 30.9 Å². The number of rotatable bonds is 5. The van der Waals surface area contributed by atoms with Gasteiger partial charge in [0.1, 0.15) is 5.82 Å². The molecule has 0 saturated heterocycles. The number of anilines is 2. The Kier molecular flexibility index (Phi) is 5.12. The van der Waals surface area contributed by atoms with Crippen molar-refractivity contribution in [2.24, 2.45) is 0 Å². The van der Waals surface area contributed by atoms with Crippen LogP contribution in [0.4, 0.5) is 15.8 Å². The minimum absolute atomic E-state index is 0.0233. The minimum Gasteiger partial charge on any atom is -0.367 e. The Morgan fingerprint density at radius 1 is 1.27 bits per heavy atom. The van der Waals surface area contributed by atoms with Gasteiger partial charge in [0.25, 0.3) is 0 Å². The lowest BCUT2D eigenvalue weighted by Gasteiger charge is -2.22. The zero-order valence-electron chi connectivity index (χ0n) is 15.7. The SMILES string of the molecule is C=C(C)CC(=O)Nc1c(C)cc2c(c1C)CCN2Cc1ccc(F)cc1. The Morgan fingerprint density at radius 2 is 1.96 bits per heavy atom. The molecule has 1 aliphatic heterocycles. The Hall–Kier alpha value is -2.62. The molecule has 0 unspecified atom stereocenters. The highest BCUT2D eigenvalue weighted by Gasteiger charge is 2.24. The highest BCUT2D eigenvalue weighted by molar-refractivity contribution is 5.94. The minimum atomic E-state index is -0.211. The van der Waals surface area contributed by atoms with Crippen LogP contribution >= 0.6 is 0 Å². The first-order valence-electron chi connectivity index (χ1n) is 8.92. The molecule has 0 spiro atoms. The fourth-order valence-corrected chi connectivity index (χ4v) is 3.59. The second-order valence-electron chi connectivity index (χ2n) is 7.17. The van der Waals surface area contributed by atoms with E-state index < -0.39 is 0 Å². The molecule has 3 nitrogen and oxygen atoms in total. The number of hydrogen-bond acceptors (Lipinski definition) is 2. The molecule has 0 aliphatic carbocycles. The second-order valence-corrected chi connectivity index (χ2v) is 7.17. The van der Waals surface area contributed by atoms with Crippen molar-refractivity contribution < 1.29 is 9.18 Å². The van der Waals surface area contributed by atoms with Crippen LogP contribution in [0.5, 0.6) is 0 Å². The number of halogens is 1. The van der Waals surface area contributed by atoms with Gasteiger partial charge >= 0.3 is 0 Å². The number of carbonyl (C=O) groups excluding carboxylic acids is 1. The van der Waals surface area contributed by atoms with Crippen molar-refractivity contribution >= 4 is 17.3 Å². The molecule has 1 N–H and O–H groups in total. The largest absolute Gasteiger partial charge is 0.367 e. The fourth-order valence-electron chi connectivity index (χ4n) is 3.59. The van der Waals surface area contributed by atoms with E-state index in [2.05, 4.69) is 29.8 Å². The van der Waals surface area contributed by atoms with Gasteiger partial charge in [-0.15, -0.1) is 0 Å². The first kappa shape index (κ1) is 18.2. The van der Waals surface area contributed by atoms with Gasteiger partial charge in [0.05, 0.1) is 0 Å². The molecule has 0 saturated carbocycles. The second kappa shape index (κ2) is 7.32. The molecule has 0 atom stereocenters. The summed E-state index contributed by atoms with van der Waals surface area (Å²) in [6.07, 6.45) is 1.29. The van der Waals surface area contributed by atoms with Crippen LogP contribution in [0.25, 0.3) is 0 Å². The molecule has 2 aromatic rings. The van der Waals surface area contributed by atoms with Gasteiger partial charge in [-0.05, 0) is 67.6 Å². The Bertz CT molecular complexity index is 855. The van der Waals surface area contributed by atoms with E-state index in [1.165, 1.54) is 23.4 Å². The molecule has 0 aromatic heterocycles. The highest BCUT2D eigenvalue weighted by Crippen LogP contribution is 2.37. The summed E-state index contributed by atoms with van der Waals surface area (Å²) in [7, 11) is 0. The monoisotopic (exact) mass is 352 g/mol. The number of benzene rings is 2. The Balaban J connectivity index is 1.84. The van der Waals surface area contributed by atoms with Crippen molar-refractivity contribution in [1.29, 1.82) is 0 Å². The molecule has 26 heavy (non-hydrogen) atoms. The lowest BCUT2D eigenvalue weighted by atomic mass is 9.99. The van der Waals surface area contributed by atoms with Gasteiger partial charge in [0.2, 0.25) is 5.91 Å². The number of fused-ring (bicyclic) bond motifs is 1. The normalized spacial score (nSPS) is 12.8. The molecule has 1 heterocycles. The van der Waals surface area contributed by atoms with Crippen LogP contribution < -0.4 is 10.2 Å². The average molecular weight is 352 g/mol. The van der Waals surface area contributed by atoms with Crippen LogP contribution in [0.3, 0.4) is 0 Å². The van der Waals surface area contributed by atoms with E-state index in [4.69, 9.17) is 0 Å². The summed E-state index contributed by atoms with van der Waals surface area (Å²) < 4.78 is 13.1. The molecule has 1 amide bonds. The first-order valence-corrected chi connectivity index (χ1v) is 8.92. The van der Waals surface area contributed by atoms with Gasteiger partial charge in [-0.2, -0.15) is 0 Å². The topological polar surface area (TPSA) is 32.3 Å². The molecule has 2 aromatic carbocycles. The summed E-state index contributed by atoms with van der Waals surface area (Å²) in [4.78, 5) is 14.5. The molecule has 3 rings (SSSR count). The maximum atomic E-state index is 13.1. The summed E-state index contributed by atoms with van der Waals surface area (Å²) in [5.74, 6) is -0.234. The number of aryl methyl sites for hydroxylation is 1. The van der Waals surface area contributed by atoms with E-state index >= 15 is 0 Å². The molecular weight excluding hydrogens is 327 g/mol. The third-order valence-electron chi connectivity index (χ3n) is 4.87. The third-order valence-corrected chi connectivity index (χ3v) is 4.87. The number of amides is 1. The zero-order valence-corrected chi connectivity index (χ0v) is 15.7. The third kappa shape index (κ3) is 3.79. The standard InChI is InChI=1S/C22H25FN2O/c1-14(2)11-21(26)24-22-15(3)12-20-19(16(22)4)9-10-25(20)13-17-5-7-18(23)8-6-17/h5-8,12H,1,9-11,13H2,2-4H3,(H,24,26). The van der Waals surface area contributed by atoms with Crippen LogP contribution in [-0.4, -0.2) is 12.5 Å². The summed E-state index contributed by atoms with van der Waals surface area (Å²) >= 11 is 0. The molecule has 1 aliphatic rings. The van der Waals surface area contributed by atoms with Gasteiger partial charge < -0.3 is 10.2 Å². The van der Waals surface area contributed by atoms with Gasteiger partial charge in [-0.3, -0.25) is 4.79 Å². The molecule has 0 radical (unpaired) electrons. The quantitative estimate of drug-likeness (QED) is 0.776. The lowest BCUT2D eigenvalue weighted by Crippen LogP contribution is -2.20. The predicted octanol–water partition coefficient (Wildman–Crippen LogP) is 4.91. The number of carbonyl (C=O) groups is 1. The summed E-state index contributed by atoms with van der Waals surface area (Å²) in [6, 6.07) is 8.82. The van der Waals surface area contributed by atoms with Gasteiger partial charge in [-0.1, -0.05) is 24.3 Å². The van der Waals surface area contributed by atoms with Crippen molar-refractivity contribution in [3.8, 4) is 0 Å². The van der Waals surface area contributed by atoms with Crippen molar-refractivity contribution in [3.63, 3.8) is 0 Å². The number of hydrogen-bond donors (Lipinski definition) is 1. The predicted molar refractivity (Wildman–Crippen MR) is 105 cm³/mol. The Labute approximate surface area is 154 Å². The molecule has 4 heteroatoms. The summed E-state index contributed by atoms with van der Waals surface area (Å²) in [5, 5.41) is 3.05. The van der Waals surface area contributed by atoms with Crippen LogP contribution in [0.2, 0.25) is 0 Å². The number of nitrogens with zero attached hydrogens (tertiary/aromatic N) is 1. The van der Waals surface area contributed by atoms with Crippen LogP contribution in [0.1, 0.15) is 35.6 Å². The van der Waals surface area contributed by atoms with E-state index in [1.54, 1.807) is 0 Å². The van der Waals surface area contributed by atoms with E-state index in [9.17, 15) is 9.18 Å². The maximum absolute atomic E-state index is 13.1. The van der Waals surface area contributed by atoms with E-state index in [0.717, 1.165) is 47.5 Å². The lowest BCUT2D eigenvalue weighted by molar-refractivity contribution is -0.115. The first-order chi connectivity index (χ1) is 12.3. The Morgan fingerprint density at radius 3 is 2.62 bits per heavy atom. The van der Waals surface area contributed by atoms with Gasteiger partial charge in [-0.25, -0.2) is 4.39 Å². The molecule has 136 valence electrons. The van der Waals surface area contributed by atoms with Crippen molar-refractivity contribution in [2.45, 2.75) is 40.2 Å². The van der Waals surface area contributed by atoms with Crippen LogP contribution in [-0.2, 0) is 17.8 Å². The zero-order chi connectivity index (χ0) is 18.8. The van der Waals surface area contributed by atoms with E-state index in [-0.39, 0.29) is 11.7 Å². The van der Waals surface area contributed by atoms with Crippen molar-refractivity contribution in [2.75, 3.05) is 16.8 Å². The van der Waals surface area contributed by atoms with E-state index in [0.29, 0.717) is 6.42 Å². The van der Waals surface area contributed by atoms with Crippen molar-refractivity contribution in [1.82, 2.24) is 0 Å². The highest BCUT2D eigenvalue weighted by atomic mass is 19.1. The summed E-state index contributed by atoms with van der Waals surface area (Å²) in [5.41, 5.74) is 7.54. The smallest absolute Gasteiger partial charge is 0.228 e. The van der Waals surface area contributed by atoms with Crippen LogP contribution in [0.15, 0.2) is 42.5 Å². The van der Waals surface area contributed by atoms with Crippen molar-refractivity contribution in [3.05, 3.63) is 70.6 Å². The maximum Gasteiger partial charge on any atom is 0.228 e. The molecule has 0 bridgehead atoms. The van der Waals surface area contributed by atoms with E-state index in [1.807, 2.05) is 26.0 Å². The number of nitrogens with one attached hydrogen (secondary N) is 1. The average Bonchev–Trinajstić information content (AvgIpc) is 2.96.